The monoisotopic (exact) mass is 189 g/mol. The lowest BCUT2D eigenvalue weighted by Crippen LogP contribution is -2.24. The van der Waals surface area contributed by atoms with Crippen LogP contribution in [0.1, 0.15) is 18.0 Å². The van der Waals surface area contributed by atoms with Gasteiger partial charge in [-0.2, -0.15) is 0 Å². The zero-order valence-corrected chi connectivity index (χ0v) is 7.93. The summed E-state index contributed by atoms with van der Waals surface area (Å²) in [5.74, 6) is -0.666. The summed E-state index contributed by atoms with van der Waals surface area (Å²) in [6, 6.07) is 9.55. The van der Waals surface area contributed by atoms with E-state index in [1.165, 1.54) is 4.90 Å². The van der Waals surface area contributed by atoms with E-state index in [4.69, 9.17) is 0 Å². The topological polar surface area (TPSA) is 37.4 Å². The van der Waals surface area contributed by atoms with Crippen LogP contribution in [0.5, 0.6) is 0 Å². The molecular weight excluding hydrogens is 178 g/mol. The van der Waals surface area contributed by atoms with E-state index in [1.807, 2.05) is 30.3 Å². The van der Waals surface area contributed by atoms with Gasteiger partial charge in [-0.05, 0) is 5.56 Å². The molecule has 1 saturated heterocycles. The number of benzene rings is 1. The number of likely N-dealkylation sites (N-methyl/N-ethyl adjacent to an activating group) is 1. The second-order valence-corrected chi connectivity index (χ2v) is 3.47. The van der Waals surface area contributed by atoms with Crippen molar-refractivity contribution < 1.29 is 9.59 Å². The predicted octanol–water partition coefficient (Wildman–Crippen LogP) is 1.16. The molecule has 1 fully saturated rings. The van der Waals surface area contributed by atoms with Gasteiger partial charge in [0.15, 0.2) is 0 Å². The van der Waals surface area contributed by atoms with Gasteiger partial charge in [-0.25, -0.2) is 0 Å². The minimum atomic E-state index is -0.376. The van der Waals surface area contributed by atoms with E-state index < -0.39 is 0 Å². The largest absolute Gasteiger partial charge is 0.332 e. The van der Waals surface area contributed by atoms with Gasteiger partial charge < -0.3 is 4.90 Å². The highest BCUT2D eigenvalue weighted by atomic mass is 16.2. The van der Waals surface area contributed by atoms with Gasteiger partial charge in [0.1, 0.15) is 0 Å². The third kappa shape index (κ3) is 1.31. The van der Waals surface area contributed by atoms with E-state index in [0.29, 0.717) is 6.42 Å². The normalized spacial score (nSPS) is 21.8. The Balaban J connectivity index is 2.30. The minimum absolute atomic E-state index is 0.0730. The lowest BCUT2D eigenvalue weighted by molar-refractivity contribution is -0.139. The Bertz CT molecular complexity index is 372. The van der Waals surface area contributed by atoms with Crippen LogP contribution in [0.2, 0.25) is 0 Å². The Morgan fingerprint density at radius 2 is 1.86 bits per heavy atom. The van der Waals surface area contributed by atoms with Gasteiger partial charge in [-0.1, -0.05) is 30.3 Å². The summed E-state index contributed by atoms with van der Waals surface area (Å²) in [6.07, 6.45) is 0.305. The summed E-state index contributed by atoms with van der Waals surface area (Å²) < 4.78 is 0. The molecule has 14 heavy (non-hydrogen) atoms. The van der Waals surface area contributed by atoms with Crippen LogP contribution in [-0.4, -0.2) is 23.6 Å². The zero-order chi connectivity index (χ0) is 10.1. The van der Waals surface area contributed by atoms with Crippen molar-refractivity contribution in [2.75, 3.05) is 7.05 Å². The molecule has 3 heteroatoms. The van der Waals surface area contributed by atoms with Crippen LogP contribution in [-0.2, 0) is 9.59 Å². The van der Waals surface area contributed by atoms with Gasteiger partial charge in [0.2, 0.25) is 5.78 Å². The summed E-state index contributed by atoms with van der Waals surface area (Å²) in [5.41, 5.74) is 1.02. The number of likely N-dealkylation sites (tertiary alicyclic amines) is 1. The molecule has 0 N–H and O–H groups in total. The van der Waals surface area contributed by atoms with Crippen LogP contribution in [0.4, 0.5) is 0 Å². The van der Waals surface area contributed by atoms with Gasteiger partial charge in [-0.3, -0.25) is 9.59 Å². The maximum absolute atomic E-state index is 11.3. The Kier molecular flexibility index (Phi) is 2.08. The highest BCUT2D eigenvalue weighted by Crippen LogP contribution is 2.28. The highest BCUT2D eigenvalue weighted by molar-refractivity contribution is 6.38. The van der Waals surface area contributed by atoms with Crippen molar-refractivity contribution in [2.24, 2.45) is 0 Å². The summed E-state index contributed by atoms with van der Waals surface area (Å²) in [7, 11) is 1.67. The highest BCUT2D eigenvalue weighted by Gasteiger charge is 2.36. The number of rotatable bonds is 1. The van der Waals surface area contributed by atoms with Crippen molar-refractivity contribution in [3.05, 3.63) is 35.9 Å². The molecular formula is C11H11NO2. The van der Waals surface area contributed by atoms with Crippen molar-refractivity contribution in [2.45, 2.75) is 12.5 Å². The first-order valence-corrected chi connectivity index (χ1v) is 4.55. The third-order valence-electron chi connectivity index (χ3n) is 2.59. The Hall–Kier alpha value is -1.64. The number of hydrogen-bond donors (Lipinski definition) is 0. The fourth-order valence-corrected chi connectivity index (χ4v) is 1.75. The second kappa shape index (κ2) is 3.25. The Morgan fingerprint density at radius 1 is 1.21 bits per heavy atom. The number of amides is 1. The number of carbonyl (C=O) groups is 2. The van der Waals surface area contributed by atoms with Crippen molar-refractivity contribution in [3.8, 4) is 0 Å². The molecule has 0 unspecified atom stereocenters. The van der Waals surface area contributed by atoms with E-state index in [-0.39, 0.29) is 17.7 Å². The number of hydrogen-bond acceptors (Lipinski definition) is 2. The molecule has 2 rings (SSSR count). The lowest BCUT2D eigenvalue weighted by atomic mass is 10.1. The SMILES string of the molecule is CN1C(=O)C(=O)C[C@H]1c1ccccc1. The molecule has 1 aromatic rings. The molecule has 1 aliphatic rings. The van der Waals surface area contributed by atoms with E-state index in [2.05, 4.69) is 0 Å². The molecule has 1 atom stereocenters. The predicted molar refractivity (Wildman–Crippen MR) is 51.6 cm³/mol. The van der Waals surface area contributed by atoms with Crippen LogP contribution < -0.4 is 0 Å². The standard InChI is InChI=1S/C11H11NO2/c1-12-9(7-10(13)11(12)14)8-5-3-2-4-6-8/h2-6,9H,7H2,1H3/t9-/m0/s1. The first-order valence-electron chi connectivity index (χ1n) is 4.55. The number of Topliss-reactive ketones (excluding diaryl/α,β-unsaturated/α-hetero) is 1. The average Bonchev–Trinajstić information content (AvgIpc) is 2.47. The van der Waals surface area contributed by atoms with Crippen LogP contribution in [0.3, 0.4) is 0 Å². The van der Waals surface area contributed by atoms with Crippen molar-refractivity contribution in [3.63, 3.8) is 0 Å². The summed E-state index contributed by atoms with van der Waals surface area (Å²) in [4.78, 5) is 24.0. The molecule has 0 radical (unpaired) electrons. The van der Waals surface area contributed by atoms with Gasteiger partial charge in [0.05, 0.1) is 6.04 Å². The summed E-state index contributed by atoms with van der Waals surface area (Å²) >= 11 is 0. The maximum atomic E-state index is 11.3. The van der Waals surface area contributed by atoms with Gasteiger partial charge >= 0.3 is 0 Å². The minimum Gasteiger partial charge on any atom is -0.332 e. The molecule has 72 valence electrons. The maximum Gasteiger partial charge on any atom is 0.290 e. The third-order valence-corrected chi connectivity index (χ3v) is 2.59. The number of ketones is 1. The van der Waals surface area contributed by atoms with Gasteiger partial charge in [-0.15, -0.1) is 0 Å². The van der Waals surface area contributed by atoms with Gasteiger partial charge in [0, 0.05) is 13.5 Å². The van der Waals surface area contributed by atoms with Crippen LogP contribution in [0.15, 0.2) is 30.3 Å². The van der Waals surface area contributed by atoms with Crippen molar-refractivity contribution in [1.29, 1.82) is 0 Å². The van der Waals surface area contributed by atoms with E-state index >= 15 is 0 Å². The second-order valence-electron chi connectivity index (χ2n) is 3.47. The fourth-order valence-electron chi connectivity index (χ4n) is 1.75. The van der Waals surface area contributed by atoms with Crippen LogP contribution in [0, 0.1) is 0 Å². The summed E-state index contributed by atoms with van der Waals surface area (Å²) in [6.45, 7) is 0. The quantitative estimate of drug-likeness (QED) is 0.622. The van der Waals surface area contributed by atoms with Crippen LogP contribution >= 0.6 is 0 Å². The fraction of sp³-hybridized carbons (Fsp3) is 0.273. The molecule has 0 saturated carbocycles. The van der Waals surface area contributed by atoms with E-state index in [9.17, 15) is 9.59 Å². The smallest absolute Gasteiger partial charge is 0.290 e. The molecule has 1 heterocycles. The van der Waals surface area contributed by atoms with Gasteiger partial charge in [0.25, 0.3) is 5.91 Å². The molecule has 0 aliphatic carbocycles. The summed E-state index contributed by atoms with van der Waals surface area (Å²) in [5, 5.41) is 0. The Morgan fingerprint density at radius 3 is 2.36 bits per heavy atom. The molecule has 0 spiro atoms. The average molecular weight is 189 g/mol. The molecule has 1 amide bonds. The number of nitrogens with zero attached hydrogens (tertiary/aromatic N) is 1. The number of carbonyl (C=O) groups excluding carboxylic acids is 2. The van der Waals surface area contributed by atoms with Crippen LogP contribution in [0.25, 0.3) is 0 Å². The first kappa shape index (κ1) is 8.94. The van der Waals surface area contributed by atoms with Crippen molar-refractivity contribution in [1.82, 2.24) is 4.90 Å². The molecule has 0 bridgehead atoms. The molecule has 1 aromatic carbocycles. The van der Waals surface area contributed by atoms with E-state index in [0.717, 1.165) is 5.56 Å². The molecule has 3 nitrogen and oxygen atoms in total. The lowest BCUT2D eigenvalue weighted by Gasteiger charge is -2.18. The van der Waals surface area contributed by atoms with Crippen molar-refractivity contribution >= 4 is 11.7 Å². The molecule has 0 aromatic heterocycles. The zero-order valence-electron chi connectivity index (χ0n) is 7.93. The molecule has 1 aliphatic heterocycles. The first-order chi connectivity index (χ1) is 6.70. The van der Waals surface area contributed by atoms with E-state index in [1.54, 1.807) is 7.05 Å². The Labute approximate surface area is 82.3 Å².